The highest BCUT2D eigenvalue weighted by atomic mass is 16.5. The summed E-state index contributed by atoms with van der Waals surface area (Å²) in [6.07, 6.45) is 1.71. The molecule has 0 bridgehead atoms. The summed E-state index contributed by atoms with van der Waals surface area (Å²) < 4.78 is 12.2. The van der Waals surface area contributed by atoms with Crippen LogP contribution in [0.3, 0.4) is 0 Å². The highest BCUT2D eigenvalue weighted by Gasteiger charge is 2.26. The third-order valence-corrected chi connectivity index (χ3v) is 5.73. The lowest BCUT2D eigenvalue weighted by atomic mass is 10.1. The van der Waals surface area contributed by atoms with Gasteiger partial charge < -0.3 is 24.9 Å². The number of carbonyl (C=O) groups is 2. The number of methoxy groups -OCH3 is 2. The third kappa shape index (κ3) is 3.89. The van der Waals surface area contributed by atoms with Gasteiger partial charge in [0.05, 0.1) is 31.0 Å². The standard InChI is InChI=1S/C26H25N3O4/c1-15-8-10-18(13-16(15)2)28-26(31)22-19-7-5-6-12-29(19)24(23(22)27)25(30)17-9-11-20(32-3)21(14-17)33-4/h5-14H,27H2,1-4H3,(H,28,31). The van der Waals surface area contributed by atoms with Gasteiger partial charge in [-0.05, 0) is 67.4 Å². The molecule has 0 atom stereocenters. The Labute approximate surface area is 191 Å². The number of carbonyl (C=O) groups excluding carboxylic acids is 2. The summed E-state index contributed by atoms with van der Waals surface area (Å²) >= 11 is 0. The maximum atomic E-state index is 13.5. The van der Waals surface area contributed by atoms with E-state index in [1.54, 1.807) is 47.0 Å². The highest BCUT2D eigenvalue weighted by Crippen LogP contribution is 2.32. The van der Waals surface area contributed by atoms with Crippen LogP contribution in [0, 0.1) is 13.8 Å². The normalized spacial score (nSPS) is 10.8. The summed E-state index contributed by atoms with van der Waals surface area (Å²) in [7, 11) is 3.03. The third-order valence-electron chi connectivity index (χ3n) is 5.73. The number of nitrogens with zero attached hydrogens (tertiary/aromatic N) is 1. The Morgan fingerprint density at radius 1 is 0.909 bits per heavy atom. The van der Waals surface area contributed by atoms with E-state index in [0.717, 1.165) is 11.1 Å². The molecular formula is C26H25N3O4. The average Bonchev–Trinajstić information content (AvgIpc) is 3.12. The van der Waals surface area contributed by atoms with Gasteiger partial charge in [0.25, 0.3) is 5.91 Å². The molecule has 0 radical (unpaired) electrons. The number of ketones is 1. The van der Waals surface area contributed by atoms with Crippen molar-refractivity contribution in [3.05, 3.63) is 88.7 Å². The van der Waals surface area contributed by atoms with Crippen molar-refractivity contribution in [1.29, 1.82) is 0 Å². The summed E-state index contributed by atoms with van der Waals surface area (Å²) in [5.74, 6) is 0.219. The first-order chi connectivity index (χ1) is 15.8. The Kier molecular flexibility index (Phi) is 5.79. The number of hydrogen-bond donors (Lipinski definition) is 2. The van der Waals surface area contributed by atoms with Gasteiger partial charge in [-0.25, -0.2) is 0 Å². The van der Waals surface area contributed by atoms with Gasteiger partial charge in [-0.2, -0.15) is 0 Å². The van der Waals surface area contributed by atoms with Crippen molar-refractivity contribution < 1.29 is 19.1 Å². The number of aromatic nitrogens is 1. The van der Waals surface area contributed by atoms with E-state index in [2.05, 4.69) is 5.32 Å². The quantitative estimate of drug-likeness (QED) is 0.424. The molecule has 0 saturated carbocycles. The van der Waals surface area contributed by atoms with Crippen molar-refractivity contribution in [1.82, 2.24) is 4.40 Å². The van der Waals surface area contributed by atoms with Gasteiger partial charge in [-0.3, -0.25) is 9.59 Å². The van der Waals surface area contributed by atoms with Gasteiger partial charge in [0.2, 0.25) is 5.78 Å². The molecular weight excluding hydrogens is 418 g/mol. The lowest BCUT2D eigenvalue weighted by Crippen LogP contribution is -2.14. The van der Waals surface area contributed by atoms with Crippen LogP contribution in [0.1, 0.15) is 37.5 Å². The monoisotopic (exact) mass is 443 g/mol. The second kappa shape index (κ2) is 8.70. The maximum Gasteiger partial charge on any atom is 0.259 e. The van der Waals surface area contributed by atoms with E-state index in [0.29, 0.717) is 28.3 Å². The second-order valence-electron chi connectivity index (χ2n) is 7.75. The van der Waals surface area contributed by atoms with Gasteiger partial charge in [-0.1, -0.05) is 12.1 Å². The number of benzene rings is 2. The SMILES string of the molecule is COc1ccc(C(=O)c2c(N)c(C(=O)Nc3ccc(C)c(C)c3)c3ccccn23)cc1OC. The van der Waals surface area contributed by atoms with Crippen molar-refractivity contribution in [2.24, 2.45) is 0 Å². The number of pyridine rings is 1. The predicted molar refractivity (Wildman–Crippen MR) is 129 cm³/mol. The Bertz CT molecular complexity index is 1390. The number of rotatable bonds is 6. The van der Waals surface area contributed by atoms with Crippen LogP contribution in [0.25, 0.3) is 5.52 Å². The van der Waals surface area contributed by atoms with Crippen LogP contribution in [0.4, 0.5) is 11.4 Å². The van der Waals surface area contributed by atoms with Crippen LogP contribution >= 0.6 is 0 Å². The highest BCUT2D eigenvalue weighted by molar-refractivity contribution is 6.20. The largest absolute Gasteiger partial charge is 0.493 e. The molecule has 2 heterocycles. The molecule has 7 nitrogen and oxygen atoms in total. The fourth-order valence-electron chi connectivity index (χ4n) is 3.83. The number of ether oxygens (including phenoxy) is 2. The van der Waals surface area contributed by atoms with Gasteiger partial charge in [-0.15, -0.1) is 0 Å². The number of aryl methyl sites for hydroxylation is 2. The number of nitrogens with one attached hydrogen (secondary N) is 1. The molecule has 0 fully saturated rings. The molecule has 3 N–H and O–H groups in total. The number of hydrogen-bond acceptors (Lipinski definition) is 5. The fourth-order valence-corrected chi connectivity index (χ4v) is 3.83. The van der Waals surface area contributed by atoms with Crippen molar-refractivity contribution in [3.8, 4) is 11.5 Å². The first-order valence-corrected chi connectivity index (χ1v) is 10.4. The van der Waals surface area contributed by atoms with Gasteiger partial charge in [0.15, 0.2) is 11.5 Å². The fraction of sp³-hybridized carbons (Fsp3) is 0.154. The summed E-state index contributed by atoms with van der Waals surface area (Å²) in [6, 6.07) is 15.9. The number of nitrogens with two attached hydrogens (primary N) is 1. The van der Waals surface area contributed by atoms with Crippen molar-refractivity contribution in [2.75, 3.05) is 25.3 Å². The van der Waals surface area contributed by atoms with Crippen LogP contribution in [0.2, 0.25) is 0 Å². The van der Waals surface area contributed by atoms with Gasteiger partial charge >= 0.3 is 0 Å². The predicted octanol–water partition coefficient (Wildman–Crippen LogP) is 4.64. The van der Waals surface area contributed by atoms with Crippen molar-refractivity contribution >= 4 is 28.6 Å². The zero-order valence-corrected chi connectivity index (χ0v) is 18.9. The van der Waals surface area contributed by atoms with Crippen LogP contribution < -0.4 is 20.5 Å². The van der Waals surface area contributed by atoms with E-state index in [-0.39, 0.29) is 28.6 Å². The Morgan fingerprint density at radius 3 is 2.36 bits per heavy atom. The lowest BCUT2D eigenvalue weighted by molar-refractivity contribution is 0.102. The Morgan fingerprint density at radius 2 is 1.67 bits per heavy atom. The minimum absolute atomic E-state index is 0.113. The summed E-state index contributed by atoms with van der Waals surface area (Å²) in [5.41, 5.74) is 10.8. The molecule has 0 saturated heterocycles. The molecule has 2 aromatic heterocycles. The molecule has 4 aromatic rings. The molecule has 0 spiro atoms. The van der Waals surface area contributed by atoms with Crippen LogP contribution in [-0.4, -0.2) is 30.3 Å². The van der Waals surface area contributed by atoms with Crippen LogP contribution in [-0.2, 0) is 0 Å². The Hall–Kier alpha value is -4.26. The van der Waals surface area contributed by atoms with Crippen molar-refractivity contribution in [3.63, 3.8) is 0 Å². The van der Waals surface area contributed by atoms with E-state index in [1.807, 2.05) is 32.0 Å². The van der Waals surface area contributed by atoms with Gasteiger partial charge in [0, 0.05) is 17.4 Å². The van der Waals surface area contributed by atoms with E-state index in [1.165, 1.54) is 14.2 Å². The molecule has 168 valence electrons. The van der Waals surface area contributed by atoms with Crippen molar-refractivity contribution in [2.45, 2.75) is 13.8 Å². The zero-order valence-electron chi connectivity index (χ0n) is 18.9. The zero-order chi connectivity index (χ0) is 23.7. The van der Waals surface area contributed by atoms with Gasteiger partial charge in [0.1, 0.15) is 5.69 Å². The smallest absolute Gasteiger partial charge is 0.259 e. The molecule has 7 heteroatoms. The maximum absolute atomic E-state index is 13.5. The Balaban J connectivity index is 1.80. The number of amides is 1. The van der Waals surface area contributed by atoms with E-state index >= 15 is 0 Å². The molecule has 0 aliphatic rings. The second-order valence-corrected chi connectivity index (χ2v) is 7.75. The van der Waals surface area contributed by atoms with E-state index < -0.39 is 0 Å². The van der Waals surface area contributed by atoms with Crippen LogP contribution in [0.15, 0.2) is 60.8 Å². The molecule has 0 aliphatic heterocycles. The summed E-state index contributed by atoms with van der Waals surface area (Å²) in [6.45, 7) is 3.99. The first kappa shape index (κ1) is 22.0. The van der Waals surface area contributed by atoms with E-state index in [9.17, 15) is 9.59 Å². The molecule has 0 aliphatic carbocycles. The first-order valence-electron chi connectivity index (χ1n) is 10.4. The molecule has 4 rings (SSSR count). The molecule has 33 heavy (non-hydrogen) atoms. The topological polar surface area (TPSA) is 95.1 Å². The minimum Gasteiger partial charge on any atom is -0.493 e. The van der Waals surface area contributed by atoms with Crippen LogP contribution in [0.5, 0.6) is 11.5 Å². The summed E-state index contributed by atoms with van der Waals surface area (Å²) in [4.78, 5) is 26.7. The molecule has 0 unspecified atom stereocenters. The molecule has 1 amide bonds. The lowest BCUT2D eigenvalue weighted by Gasteiger charge is -2.10. The number of fused-ring (bicyclic) bond motifs is 1. The number of nitrogen functional groups attached to an aromatic ring is 1. The minimum atomic E-state index is -0.384. The average molecular weight is 444 g/mol. The number of anilines is 2. The summed E-state index contributed by atoms with van der Waals surface area (Å²) in [5, 5.41) is 2.90. The molecule has 2 aromatic carbocycles. The van der Waals surface area contributed by atoms with E-state index in [4.69, 9.17) is 15.2 Å².